The van der Waals surface area contributed by atoms with E-state index in [2.05, 4.69) is 20.4 Å². The Bertz CT molecular complexity index is 640. The zero-order valence-electron chi connectivity index (χ0n) is 14.9. The first-order valence-corrected chi connectivity index (χ1v) is 8.85. The van der Waals surface area contributed by atoms with E-state index < -0.39 is 11.9 Å². The molecule has 2 N–H and O–H groups in total. The zero-order chi connectivity index (χ0) is 17.7. The average molecular weight is 332 g/mol. The first-order chi connectivity index (χ1) is 11.1. The topological polar surface area (TPSA) is 66.8 Å². The molecule has 0 fully saturated rings. The van der Waals surface area contributed by atoms with Crippen molar-refractivity contribution in [3.05, 3.63) is 34.9 Å². The maximum atomic E-state index is 12.3. The Morgan fingerprint density at radius 2 is 1.96 bits per heavy atom. The Morgan fingerprint density at radius 1 is 1.29 bits per heavy atom. The van der Waals surface area contributed by atoms with Crippen molar-refractivity contribution >= 4 is 5.97 Å². The molecule has 0 saturated carbocycles. The summed E-state index contributed by atoms with van der Waals surface area (Å²) in [4.78, 5) is 12.3. The minimum atomic E-state index is -1.58. The summed E-state index contributed by atoms with van der Waals surface area (Å²) in [7, 11) is 0. The average Bonchev–Trinajstić information content (AvgIpc) is 2.67. The van der Waals surface area contributed by atoms with Gasteiger partial charge in [0.2, 0.25) is 5.79 Å². The summed E-state index contributed by atoms with van der Waals surface area (Å²) in [6, 6.07) is 0. The Balaban J connectivity index is 2.09. The second-order valence-electron chi connectivity index (χ2n) is 8.23. The van der Waals surface area contributed by atoms with Crippen molar-refractivity contribution in [3.63, 3.8) is 0 Å². The van der Waals surface area contributed by atoms with E-state index in [1.54, 1.807) is 6.08 Å². The van der Waals surface area contributed by atoms with Crippen LogP contribution in [0.25, 0.3) is 0 Å². The third-order valence-corrected chi connectivity index (χ3v) is 5.95. The number of hydrogen-bond donors (Lipinski definition) is 2. The van der Waals surface area contributed by atoms with E-state index in [1.165, 1.54) is 0 Å². The molecule has 1 heterocycles. The quantitative estimate of drug-likeness (QED) is 0.527. The molecule has 3 atom stereocenters. The lowest BCUT2D eigenvalue weighted by atomic mass is 9.61. The third-order valence-electron chi connectivity index (χ3n) is 5.95. The molecule has 1 aliphatic heterocycles. The van der Waals surface area contributed by atoms with E-state index in [9.17, 15) is 15.0 Å². The molecule has 3 rings (SSSR count). The zero-order valence-corrected chi connectivity index (χ0v) is 14.9. The van der Waals surface area contributed by atoms with E-state index in [0.29, 0.717) is 24.3 Å². The van der Waals surface area contributed by atoms with Crippen LogP contribution in [0, 0.1) is 11.3 Å². The second-order valence-corrected chi connectivity index (χ2v) is 8.23. The first kappa shape index (κ1) is 17.4. The molecular formula is C20H28O4. The number of aliphatic hydroxyl groups excluding tert-OH is 1. The maximum absolute atomic E-state index is 12.3. The normalized spacial score (nSPS) is 38.8. The highest BCUT2D eigenvalue weighted by Gasteiger charge is 2.55. The van der Waals surface area contributed by atoms with Gasteiger partial charge in [0.1, 0.15) is 0 Å². The van der Waals surface area contributed by atoms with Gasteiger partial charge in [0.15, 0.2) is 0 Å². The Kier molecular flexibility index (Phi) is 4.25. The molecule has 4 nitrogen and oxygen atoms in total. The predicted octanol–water partition coefficient (Wildman–Crippen LogP) is 3.40. The van der Waals surface area contributed by atoms with Crippen molar-refractivity contribution in [2.75, 3.05) is 0 Å². The molecule has 0 aromatic carbocycles. The van der Waals surface area contributed by atoms with E-state index in [4.69, 9.17) is 4.74 Å². The fourth-order valence-corrected chi connectivity index (χ4v) is 4.84. The van der Waals surface area contributed by atoms with Crippen LogP contribution in [0.2, 0.25) is 0 Å². The fourth-order valence-electron chi connectivity index (χ4n) is 4.84. The van der Waals surface area contributed by atoms with E-state index in [-0.39, 0.29) is 17.8 Å². The van der Waals surface area contributed by atoms with Gasteiger partial charge < -0.3 is 14.9 Å². The first-order valence-electron chi connectivity index (χ1n) is 8.85. The molecule has 2 aliphatic carbocycles. The van der Waals surface area contributed by atoms with Crippen molar-refractivity contribution < 1.29 is 19.7 Å². The van der Waals surface area contributed by atoms with Gasteiger partial charge in [-0.05, 0) is 50.4 Å². The molecule has 0 aromatic heterocycles. The molecule has 0 spiro atoms. The number of ether oxygens (including phenoxy) is 1. The van der Waals surface area contributed by atoms with E-state index >= 15 is 0 Å². The summed E-state index contributed by atoms with van der Waals surface area (Å²) in [5.41, 5.74) is 2.98. The highest BCUT2D eigenvalue weighted by Crippen LogP contribution is 2.55. The SMILES string of the molecule is C=C1CC[C@@H]2CCC3=C(C2(C)C)[C@@](O)(C/C(C)=C\[C@@H](O)C1)OC3=O. The summed E-state index contributed by atoms with van der Waals surface area (Å²) in [6.45, 7) is 10.2. The summed E-state index contributed by atoms with van der Waals surface area (Å²) in [5.74, 6) is -1.60. The van der Waals surface area contributed by atoms with Crippen molar-refractivity contribution in [1.29, 1.82) is 0 Å². The van der Waals surface area contributed by atoms with Crippen LogP contribution in [-0.2, 0) is 9.53 Å². The van der Waals surface area contributed by atoms with Gasteiger partial charge in [-0.1, -0.05) is 37.6 Å². The van der Waals surface area contributed by atoms with Crippen LogP contribution in [0.1, 0.15) is 59.3 Å². The molecule has 3 aliphatic rings. The number of carbonyl (C=O) groups excluding carboxylic acids is 1. The van der Waals surface area contributed by atoms with Gasteiger partial charge in [0.25, 0.3) is 0 Å². The lowest BCUT2D eigenvalue weighted by molar-refractivity contribution is -0.184. The summed E-state index contributed by atoms with van der Waals surface area (Å²) < 4.78 is 5.45. The maximum Gasteiger partial charge on any atom is 0.336 e. The summed E-state index contributed by atoms with van der Waals surface area (Å²) >= 11 is 0. The summed E-state index contributed by atoms with van der Waals surface area (Å²) in [6.07, 6.45) is 5.26. The Labute approximate surface area is 143 Å². The fraction of sp³-hybridized carbons (Fsp3) is 0.650. The van der Waals surface area contributed by atoms with Crippen molar-refractivity contribution in [2.45, 2.75) is 71.2 Å². The minimum Gasteiger partial charge on any atom is -0.425 e. The van der Waals surface area contributed by atoms with Crippen LogP contribution >= 0.6 is 0 Å². The van der Waals surface area contributed by atoms with Gasteiger partial charge in [-0.15, -0.1) is 0 Å². The monoisotopic (exact) mass is 332 g/mol. The molecule has 0 saturated heterocycles. The van der Waals surface area contributed by atoms with Gasteiger partial charge in [-0.25, -0.2) is 4.79 Å². The van der Waals surface area contributed by atoms with Crippen molar-refractivity contribution in [1.82, 2.24) is 0 Å². The second kappa shape index (κ2) is 5.85. The van der Waals surface area contributed by atoms with Gasteiger partial charge >= 0.3 is 5.97 Å². The predicted molar refractivity (Wildman–Crippen MR) is 91.9 cm³/mol. The van der Waals surface area contributed by atoms with Gasteiger partial charge in [0, 0.05) is 17.6 Å². The number of carbonyl (C=O) groups is 1. The highest BCUT2D eigenvalue weighted by atomic mass is 16.7. The molecule has 0 unspecified atom stereocenters. The molecule has 2 bridgehead atoms. The smallest absolute Gasteiger partial charge is 0.336 e. The minimum absolute atomic E-state index is 0.206. The lowest BCUT2D eigenvalue weighted by Gasteiger charge is -2.44. The van der Waals surface area contributed by atoms with E-state index in [0.717, 1.165) is 36.0 Å². The number of rotatable bonds is 0. The van der Waals surface area contributed by atoms with Crippen LogP contribution in [0.15, 0.2) is 34.9 Å². The van der Waals surface area contributed by atoms with Crippen LogP contribution in [0.3, 0.4) is 0 Å². The molecule has 0 amide bonds. The number of aliphatic hydroxyl groups is 2. The molecule has 0 radical (unpaired) electrons. The number of fused-ring (bicyclic) bond motifs is 1. The number of esters is 1. The molecule has 0 aromatic rings. The van der Waals surface area contributed by atoms with Gasteiger partial charge in [0.05, 0.1) is 6.10 Å². The highest BCUT2D eigenvalue weighted by molar-refractivity contribution is 5.93. The third kappa shape index (κ3) is 2.86. The lowest BCUT2D eigenvalue weighted by Crippen LogP contribution is -2.42. The van der Waals surface area contributed by atoms with Crippen molar-refractivity contribution in [2.24, 2.45) is 11.3 Å². The summed E-state index contributed by atoms with van der Waals surface area (Å²) in [5, 5.41) is 21.4. The standard InChI is InChI=1S/C20H28O4/c1-12-5-6-14-7-8-16-17(19(14,3)4)20(23,24-18(16)22)11-13(2)10-15(21)9-12/h10,14-15,21,23H,1,5-9,11H2,2-4H3/b13-10-/t14-,15+,20-/m1/s1. The molecule has 4 heteroatoms. The largest absolute Gasteiger partial charge is 0.425 e. The van der Waals surface area contributed by atoms with E-state index in [1.807, 2.05) is 6.92 Å². The molecule has 24 heavy (non-hydrogen) atoms. The number of hydrogen-bond acceptors (Lipinski definition) is 4. The van der Waals surface area contributed by atoms with Crippen LogP contribution in [0.5, 0.6) is 0 Å². The van der Waals surface area contributed by atoms with Crippen molar-refractivity contribution in [3.8, 4) is 0 Å². The van der Waals surface area contributed by atoms with Crippen LogP contribution in [0.4, 0.5) is 0 Å². The van der Waals surface area contributed by atoms with Gasteiger partial charge in [-0.2, -0.15) is 0 Å². The van der Waals surface area contributed by atoms with Crippen LogP contribution < -0.4 is 0 Å². The molecule has 132 valence electrons. The Morgan fingerprint density at radius 3 is 2.67 bits per heavy atom. The molecular weight excluding hydrogens is 304 g/mol. The van der Waals surface area contributed by atoms with Gasteiger partial charge in [-0.3, -0.25) is 0 Å². The Hall–Kier alpha value is -1.39. The van der Waals surface area contributed by atoms with Crippen LogP contribution in [-0.4, -0.2) is 28.1 Å².